The second-order valence-corrected chi connectivity index (χ2v) is 5.37. The average molecular weight is 378 g/mol. The number of carbonyl (C=O) groups is 2. The highest BCUT2D eigenvalue weighted by molar-refractivity contribution is 5.98. The first-order chi connectivity index (χ1) is 13.0. The number of hydrogen-bond donors (Lipinski definition) is 2. The van der Waals surface area contributed by atoms with Crippen LogP contribution in [0.5, 0.6) is 11.5 Å². The predicted molar refractivity (Wildman–Crippen MR) is 94.9 cm³/mol. The van der Waals surface area contributed by atoms with Gasteiger partial charge in [0, 0.05) is 12.1 Å². The second kappa shape index (κ2) is 10.1. The van der Waals surface area contributed by atoms with Crippen molar-refractivity contribution in [2.45, 2.75) is 20.1 Å². The Kier molecular flexibility index (Phi) is 7.54. The molecule has 0 spiro atoms. The van der Waals surface area contributed by atoms with E-state index in [1.807, 2.05) is 0 Å². The van der Waals surface area contributed by atoms with Gasteiger partial charge in [0.2, 0.25) is 5.91 Å². The maximum Gasteiger partial charge on any atom is 0.387 e. The van der Waals surface area contributed by atoms with Crippen molar-refractivity contribution < 1.29 is 27.8 Å². The van der Waals surface area contributed by atoms with Crippen LogP contribution in [0.1, 0.15) is 22.8 Å². The zero-order valence-electron chi connectivity index (χ0n) is 14.7. The molecule has 8 heteroatoms. The molecule has 0 aliphatic rings. The third-order valence-corrected chi connectivity index (χ3v) is 3.51. The van der Waals surface area contributed by atoms with Gasteiger partial charge in [-0.2, -0.15) is 8.78 Å². The van der Waals surface area contributed by atoms with Crippen LogP contribution in [0.25, 0.3) is 0 Å². The molecule has 27 heavy (non-hydrogen) atoms. The summed E-state index contributed by atoms with van der Waals surface area (Å²) >= 11 is 0. The van der Waals surface area contributed by atoms with E-state index in [-0.39, 0.29) is 18.8 Å². The molecule has 0 atom stereocenters. The topological polar surface area (TPSA) is 76.7 Å². The number of rotatable bonds is 9. The van der Waals surface area contributed by atoms with Crippen LogP contribution in [-0.4, -0.2) is 31.6 Å². The summed E-state index contributed by atoms with van der Waals surface area (Å²) in [5, 5.41) is 5.05. The standard InChI is InChI=1S/C19H20F2N2O4/c1-2-26-16-10-6-4-8-14(16)18(25)23-12-17(24)22-11-13-7-3-5-9-15(13)27-19(20)21/h3-10,19H,2,11-12H2,1H3,(H,22,24)(H,23,25). The van der Waals surface area contributed by atoms with Crippen LogP contribution in [0.4, 0.5) is 8.78 Å². The Bertz CT molecular complexity index is 784. The van der Waals surface area contributed by atoms with Crippen molar-refractivity contribution >= 4 is 11.8 Å². The van der Waals surface area contributed by atoms with Gasteiger partial charge >= 0.3 is 6.61 Å². The van der Waals surface area contributed by atoms with E-state index in [0.717, 1.165) is 0 Å². The maximum absolute atomic E-state index is 12.4. The van der Waals surface area contributed by atoms with Crippen molar-refractivity contribution in [2.24, 2.45) is 0 Å². The highest BCUT2D eigenvalue weighted by Gasteiger charge is 2.14. The van der Waals surface area contributed by atoms with Gasteiger partial charge in [0.25, 0.3) is 5.91 Å². The molecule has 0 radical (unpaired) electrons. The van der Waals surface area contributed by atoms with Gasteiger partial charge < -0.3 is 20.1 Å². The highest BCUT2D eigenvalue weighted by atomic mass is 19.3. The third kappa shape index (κ3) is 6.25. The molecule has 2 N–H and O–H groups in total. The minimum absolute atomic E-state index is 0.00682. The number of alkyl halides is 2. The molecule has 2 aromatic carbocycles. The van der Waals surface area contributed by atoms with Crippen LogP contribution in [0.2, 0.25) is 0 Å². The molecule has 144 valence electrons. The van der Waals surface area contributed by atoms with E-state index in [9.17, 15) is 18.4 Å². The van der Waals surface area contributed by atoms with E-state index in [2.05, 4.69) is 15.4 Å². The highest BCUT2D eigenvalue weighted by Crippen LogP contribution is 2.20. The van der Waals surface area contributed by atoms with Gasteiger partial charge in [0.05, 0.1) is 18.7 Å². The van der Waals surface area contributed by atoms with Crippen LogP contribution in [0.3, 0.4) is 0 Å². The molecule has 0 heterocycles. The van der Waals surface area contributed by atoms with E-state index in [4.69, 9.17) is 4.74 Å². The zero-order valence-corrected chi connectivity index (χ0v) is 14.7. The Morgan fingerprint density at radius 1 is 1.00 bits per heavy atom. The summed E-state index contributed by atoms with van der Waals surface area (Å²) in [6, 6.07) is 12.8. The smallest absolute Gasteiger partial charge is 0.387 e. The molecular weight excluding hydrogens is 358 g/mol. The molecule has 0 saturated carbocycles. The van der Waals surface area contributed by atoms with Crippen LogP contribution in [0.15, 0.2) is 48.5 Å². The summed E-state index contributed by atoms with van der Waals surface area (Å²) in [5.74, 6) is -0.502. The van der Waals surface area contributed by atoms with Crippen LogP contribution in [0, 0.1) is 0 Å². The second-order valence-electron chi connectivity index (χ2n) is 5.37. The molecule has 0 aliphatic carbocycles. The number of amides is 2. The molecule has 0 bridgehead atoms. The molecule has 0 saturated heterocycles. The monoisotopic (exact) mass is 378 g/mol. The Balaban J connectivity index is 1.88. The first kappa shape index (κ1) is 20.2. The third-order valence-electron chi connectivity index (χ3n) is 3.51. The number of benzene rings is 2. The lowest BCUT2D eigenvalue weighted by Gasteiger charge is -2.12. The lowest BCUT2D eigenvalue weighted by Crippen LogP contribution is -2.36. The Morgan fingerprint density at radius 3 is 2.37 bits per heavy atom. The normalized spacial score (nSPS) is 10.4. The van der Waals surface area contributed by atoms with E-state index in [0.29, 0.717) is 23.5 Å². The number of para-hydroxylation sites is 2. The number of nitrogens with one attached hydrogen (secondary N) is 2. The maximum atomic E-state index is 12.4. The summed E-state index contributed by atoms with van der Waals surface area (Å²) in [7, 11) is 0. The van der Waals surface area contributed by atoms with E-state index >= 15 is 0 Å². The summed E-state index contributed by atoms with van der Waals surface area (Å²) < 4.78 is 34.6. The molecule has 2 amide bonds. The predicted octanol–water partition coefficient (Wildman–Crippen LogP) is 2.73. The van der Waals surface area contributed by atoms with Gasteiger partial charge in [-0.25, -0.2) is 0 Å². The van der Waals surface area contributed by atoms with Crippen LogP contribution >= 0.6 is 0 Å². The van der Waals surface area contributed by atoms with Gasteiger partial charge in [-0.15, -0.1) is 0 Å². The molecule has 2 rings (SSSR count). The molecule has 0 aliphatic heterocycles. The number of carbonyl (C=O) groups excluding carboxylic acids is 2. The van der Waals surface area contributed by atoms with Crippen LogP contribution < -0.4 is 20.1 Å². The minimum atomic E-state index is -2.95. The summed E-state index contributed by atoms with van der Waals surface area (Å²) in [6.45, 7) is -1.01. The Labute approximate surface area is 155 Å². The fourth-order valence-corrected chi connectivity index (χ4v) is 2.31. The fraction of sp³-hybridized carbons (Fsp3) is 0.263. The van der Waals surface area contributed by atoms with Crippen molar-refractivity contribution in [1.82, 2.24) is 10.6 Å². The molecule has 0 aromatic heterocycles. The van der Waals surface area contributed by atoms with E-state index in [1.165, 1.54) is 6.07 Å². The van der Waals surface area contributed by atoms with Gasteiger partial charge in [0.1, 0.15) is 11.5 Å². The van der Waals surface area contributed by atoms with Crippen molar-refractivity contribution in [2.75, 3.05) is 13.2 Å². The fourth-order valence-electron chi connectivity index (χ4n) is 2.31. The quantitative estimate of drug-likeness (QED) is 0.704. The van der Waals surface area contributed by atoms with Gasteiger partial charge in [-0.05, 0) is 25.1 Å². The van der Waals surface area contributed by atoms with Gasteiger partial charge in [0.15, 0.2) is 0 Å². The van der Waals surface area contributed by atoms with Gasteiger partial charge in [-0.3, -0.25) is 9.59 Å². The van der Waals surface area contributed by atoms with Crippen molar-refractivity contribution in [3.05, 3.63) is 59.7 Å². The number of hydrogen-bond acceptors (Lipinski definition) is 4. The van der Waals surface area contributed by atoms with Crippen molar-refractivity contribution in [3.8, 4) is 11.5 Å². The lowest BCUT2D eigenvalue weighted by molar-refractivity contribution is -0.120. The summed E-state index contributed by atoms with van der Waals surface area (Å²) in [6.07, 6.45) is 0. The Hall–Kier alpha value is -3.16. The first-order valence-electron chi connectivity index (χ1n) is 8.30. The van der Waals surface area contributed by atoms with E-state index in [1.54, 1.807) is 49.4 Å². The zero-order chi connectivity index (χ0) is 19.6. The SMILES string of the molecule is CCOc1ccccc1C(=O)NCC(=O)NCc1ccccc1OC(F)F. The van der Waals surface area contributed by atoms with Gasteiger partial charge in [-0.1, -0.05) is 30.3 Å². The Morgan fingerprint density at radius 2 is 1.67 bits per heavy atom. The number of ether oxygens (including phenoxy) is 2. The summed E-state index contributed by atoms with van der Waals surface area (Å²) in [5.41, 5.74) is 0.724. The largest absolute Gasteiger partial charge is 0.493 e. The van der Waals surface area contributed by atoms with Crippen LogP contribution in [-0.2, 0) is 11.3 Å². The molecule has 6 nitrogen and oxygen atoms in total. The summed E-state index contributed by atoms with van der Waals surface area (Å²) in [4.78, 5) is 24.2. The first-order valence-corrected chi connectivity index (χ1v) is 8.30. The molecule has 0 unspecified atom stereocenters. The average Bonchev–Trinajstić information content (AvgIpc) is 2.65. The molecule has 0 fully saturated rings. The molecule has 2 aromatic rings. The van der Waals surface area contributed by atoms with Crippen molar-refractivity contribution in [1.29, 1.82) is 0 Å². The molecular formula is C19H20F2N2O4. The van der Waals surface area contributed by atoms with E-state index < -0.39 is 18.4 Å². The lowest BCUT2D eigenvalue weighted by atomic mass is 10.2. The number of halogens is 2. The minimum Gasteiger partial charge on any atom is -0.493 e. The van der Waals surface area contributed by atoms with Crippen molar-refractivity contribution in [3.63, 3.8) is 0 Å².